The average Bonchev–Trinajstić information content (AvgIpc) is 3.52. The lowest BCUT2D eigenvalue weighted by Gasteiger charge is -2.29. The van der Waals surface area contributed by atoms with Gasteiger partial charge < -0.3 is 10.6 Å². The van der Waals surface area contributed by atoms with Crippen molar-refractivity contribution < 1.29 is 4.74 Å². The number of ether oxygens (including phenoxy) is 1. The first-order chi connectivity index (χ1) is 13.6. The normalized spacial score (nSPS) is 18.1. The molecule has 4 rings (SSSR count). The summed E-state index contributed by atoms with van der Waals surface area (Å²) >= 11 is 5.99. The molecule has 1 heterocycles. The summed E-state index contributed by atoms with van der Waals surface area (Å²) in [4.78, 5) is 4.41. The van der Waals surface area contributed by atoms with E-state index in [2.05, 4.69) is 16.7 Å². The molecule has 0 radical (unpaired) electrons. The fourth-order valence-electron chi connectivity index (χ4n) is 3.36. The van der Waals surface area contributed by atoms with Crippen LogP contribution in [-0.2, 0) is 5.41 Å². The van der Waals surface area contributed by atoms with Crippen molar-refractivity contribution in [3.63, 3.8) is 0 Å². The molecule has 0 aromatic heterocycles. The molecule has 1 aliphatic carbocycles. The number of halogens is 1. The molecule has 7 heteroatoms. The van der Waals surface area contributed by atoms with Crippen LogP contribution in [0.25, 0.3) is 0 Å². The largest absolute Gasteiger partial charge is 0.497 e. The SMILES string of the molecule is C=C1N=CC(c2ccc(Cl)cc2)=NN1/C(=N\N)C1(c2ccc(OC)cc2)CC1. The molecule has 0 atom stereocenters. The predicted octanol–water partition coefficient (Wildman–Crippen LogP) is 3.91. The number of hydrogen-bond donors (Lipinski definition) is 1. The monoisotopic (exact) mass is 393 g/mol. The summed E-state index contributed by atoms with van der Waals surface area (Å²) in [6.07, 6.45) is 3.53. The average molecular weight is 394 g/mol. The van der Waals surface area contributed by atoms with Gasteiger partial charge in [0, 0.05) is 10.6 Å². The van der Waals surface area contributed by atoms with Gasteiger partial charge in [0.2, 0.25) is 0 Å². The molecular formula is C21H20ClN5O. The summed E-state index contributed by atoms with van der Waals surface area (Å²) in [5.74, 6) is 7.74. The van der Waals surface area contributed by atoms with E-state index in [1.54, 1.807) is 18.3 Å². The van der Waals surface area contributed by atoms with E-state index in [0.717, 1.165) is 29.7 Å². The Kier molecular flexibility index (Phi) is 4.65. The van der Waals surface area contributed by atoms with Gasteiger partial charge in [0.1, 0.15) is 17.3 Å². The van der Waals surface area contributed by atoms with Gasteiger partial charge in [0.15, 0.2) is 5.84 Å². The molecule has 0 amide bonds. The molecule has 2 N–H and O–H groups in total. The van der Waals surface area contributed by atoms with Crippen LogP contribution < -0.4 is 10.6 Å². The number of methoxy groups -OCH3 is 1. The zero-order valence-electron chi connectivity index (χ0n) is 15.5. The minimum Gasteiger partial charge on any atom is -0.497 e. The Balaban J connectivity index is 1.69. The van der Waals surface area contributed by atoms with Crippen molar-refractivity contribution in [2.45, 2.75) is 18.3 Å². The number of hydrazone groups is 2. The Morgan fingerprint density at radius 1 is 1.18 bits per heavy atom. The molecule has 0 spiro atoms. The Morgan fingerprint density at radius 2 is 1.86 bits per heavy atom. The molecular weight excluding hydrogens is 374 g/mol. The molecule has 6 nitrogen and oxygen atoms in total. The van der Waals surface area contributed by atoms with Gasteiger partial charge in [-0.05, 0) is 42.7 Å². The number of benzene rings is 2. The highest BCUT2D eigenvalue weighted by Crippen LogP contribution is 2.51. The summed E-state index contributed by atoms with van der Waals surface area (Å²) < 4.78 is 5.26. The maximum absolute atomic E-state index is 5.99. The van der Waals surface area contributed by atoms with Gasteiger partial charge in [-0.2, -0.15) is 15.2 Å². The lowest BCUT2D eigenvalue weighted by molar-refractivity contribution is 0.414. The third-order valence-corrected chi connectivity index (χ3v) is 5.32. The summed E-state index contributed by atoms with van der Waals surface area (Å²) in [5, 5.41) is 11.1. The van der Waals surface area contributed by atoms with Gasteiger partial charge in [-0.15, -0.1) is 0 Å². The molecule has 28 heavy (non-hydrogen) atoms. The topological polar surface area (TPSA) is 75.6 Å². The van der Waals surface area contributed by atoms with Crippen molar-refractivity contribution >= 4 is 29.4 Å². The number of aliphatic imine (C=N–C) groups is 1. The third-order valence-electron chi connectivity index (χ3n) is 5.07. The van der Waals surface area contributed by atoms with E-state index in [4.69, 9.17) is 27.3 Å². The van der Waals surface area contributed by atoms with Gasteiger partial charge >= 0.3 is 0 Å². The summed E-state index contributed by atoms with van der Waals surface area (Å²) in [7, 11) is 1.65. The van der Waals surface area contributed by atoms with Crippen molar-refractivity contribution in [3.05, 3.63) is 77.1 Å². The summed E-state index contributed by atoms with van der Waals surface area (Å²) in [5.41, 5.74) is 2.40. The molecule has 1 aliphatic heterocycles. The second-order valence-corrected chi connectivity index (χ2v) is 7.18. The molecule has 1 saturated carbocycles. The van der Waals surface area contributed by atoms with E-state index >= 15 is 0 Å². The number of nitrogens with two attached hydrogens (primary N) is 1. The van der Waals surface area contributed by atoms with Crippen molar-refractivity contribution in [1.82, 2.24) is 5.01 Å². The van der Waals surface area contributed by atoms with E-state index in [0.29, 0.717) is 22.4 Å². The summed E-state index contributed by atoms with van der Waals surface area (Å²) in [6, 6.07) is 15.4. The van der Waals surface area contributed by atoms with Crippen molar-refractivity contribution in [2.75, 3.05) is 7.11 Å². The van der Waals surface area contributed by atoms with Crippen molar-refractivity contribution in [3.8, 4) is 5.75 Å². The molecule has 142 valence electrons. The Labute approximate surface area is 168 Å². The van der Waals surface area contributed by atoms with Gasteiger partial charge in [-0.1, -0.05) is 42.4 Å². The zero-order chi connectivity index (χ0) is 19.7. The molecule has 2 aliphatic rings. The molecule has 0 bridgehead atoms. The smallest absolute Gasteiger partial charge is 0.162 e. The lowest BCUT2D eigenvalue weighted by atomic mass is 9.94. The molecule has 1 fully saturated rings. The maximum atomic E-state index is 5.99. The Bertz CT molecular complexity index is 988. The van der Waals surface area contributed by atoms with Crippen LogP contribution in [0.15, 0.2) is 76.1 Å². The summed E-state index contributed by atoms with van der Waals surface area (Å²) in [6.45, 7) is 4.01. The van der Waals surface area contributed by atoms with Gasteiger partial charge in [-0.3, -0.25) is 0 Å². The molecule has 0 saturated heterocycles. The van der Waals surface area contributed by atoms with Crippen molar-refractivity contribution in [1.29, 1.82) is 0 Å². The minimum absolute atomic E-state index is 0.300. The third kappa shape index (κ3) is 3.16. The van der Waals surface area contributed by atoms with Gasteiger partial charge in [0.05, 0.1) is 18.7 Å². The fraction of sp³-hybridized carbons (Fsp3) is 0.190. The van der Waals surface area contributed by atoms with Crippen LogP contribution in [0, 0.1) is 0 Å². The fourth-order valence-corrected chi connectivity index (χ4v) is 3.49. The first-order valence-corrected chi connectivity index (χ1v) is 9.26. The van der Waals surface area contributed by atoms with E-state index in [1.807, 2.05) is 48.5 Å². The van der Waals surface area contributed by atoms with Crippen molar-refractivity contribution in [2.24, 2.45) is 21.0 Å². The quantitative estimate of drug-likeness (QED) is 0.370. The zero-order valence-corrected chi connectivity index (χ0v) is 16.2. The van der Waals surface area contributed by atoms with E-state index in [1.165, 1.54) is 0 Å². The number of nitrogens with zero attached hydrogens (tertiary/aromatic N) is 4. The standard InChI is InChI=1S/C21H20ClN5O/c1-14-24-13-19(15-3-7-17(22)8-4-15)26-27(14)20(25-23)21(11-12-21)16-5-9-18(28-2)10-6-16/h3-10,13H,1,11-12,23H2,2H3/b25-20-. The van der Waals surface area contributed by atoms with Gasteiger partial charge in [-0.25, -0.2) is 4.99 Å². The van der Waals surface area contributed by atoms with E-state index in [-0.39, 0.29) is 5.41 Å². The Hall–Kier alpha value is -3.12. The number of hydrogen-bond acceptors (Lipinski definition) is 5. The predicted molar refractivity (Wildman–Crippen MR) is 113 cm³/mol. The highest BCUT2D eigenvalue weighted by molar-refractivity contribution is 6.39. The number of rotatable bonds is 4. The molecule has 0 unspecified atom stereocenters. The second kappa shape index (κ2) is 7.13. The maximum Gasteiger partial charge on any atom is 0.162 e. The van der Waals surface area contributed by atoms with Crippen LogP contribution >= 0.6 is 11.6 Å². The molecule has 2 aromatic carbocycles. The van der Waals surface area contributed by atoms with Crippen LogP contribution in [0.3, 0.4) is 0 Å². The molecule has 2 aromatic rings. The van der Waals surface area contributed by atoms with E-state index in [9.17, 15) is 0 Å². The van der Waals surface area contributed by atoms with Gasteiger partial charge in [0.25, 0.3) is 0 Å². The highest BCUT2D eigenvalue weighted by Gasteiger charge is 2.52. The van der Waals surface area contributed by atoms with Crippen LogP contribution in [0.2, 0.25) is 5.02 Å². The second-order valence-electron chi connectivity index (χ2n) is 6.74. The Morgan fingerprint density at radius 3 is 2.43 bits per heavy atom. The van der Waals surface area contributed by atoms with Crippen LogP contribution in [-0.4, -0.2) is 29.9 Å². The van der Waals surface area contributed by atoms with E-state index < -0.39 is 0 Å². The first kappa shape index (κ1) is 18.3. The van der Waals surface area contributed by atoms with Crippen LogP contribution in [0.1, 0.15) is 24.0 Å². The number of amidine groups is 1. The highest BCUT2D eigenvalue weighted by atomic mass is 35.5. The van der Waals surface area contributed by atoms with Crippen LogP contribution in [0.4, 0.5) is 0 Å². The lowest BCUT2D eigenvalue weighted by Crippen LogP contribution is -2.38. The van der Waals surface area contributed by atoms with Crippen LogP contribution in [0.5, 0.6) is 5.75 Å². The minimum atomic E-state index is -0.300. The first-order valence-electron chi connectivity index (χ1n) is 8.88.